The van der Waals surface area contributed by atoms with Crippen molar-refractivity contribution >= 4 is 35.4 Å². The molecule has 3 atom stereocenters. The molecule has 1 aromatic carbocycles. The third-order valence-electron chi connectivity index (χ3n) is 6.09. The first-order valence-corrected chi connectivity index (χ1v) is 12.9. The third kappa shape index (κ3) is 8.33. The quantitative estimate of drug-likeness (QED) is 0.344. The molecule has 1 aliphatic rings. The molecule has 0 aliphatic carbocycles. The normalized spacial score (nSPS) is 17.7. The van der Waals surface area contributed by atoms with Gasteiger partial charge in [-0.25, -0.2) is 10.3 Å². The number of hydrogen-bond acceptors (Lipinski definition) is 6. The Morgan fingerprint density at radius 3 is 2.27 bits per heavy atom. The Hall–Kier alpha value is -2.85. The van der Waals surface area contributed by atoms with Crippen molar-refractivity contribution in [3.63, 3.8) is 0 Å². The number of hydrogen-bond donors (Lipinski definition) is 3. The molecule has 206 valence electrons. The van der Waals surface area contributed by atoms with Gasteiger partial charge in [0.05, 0.1) is 18.4 Å². The molecule has 0 saturated carbocycles. The van der Waals surface area contributed by atoms with Gasteiger partial charge in [-0.3, -0.25) is 19.6 Å². The van der Waals surface area contributed by atoms with Crippen molar-refractivity contribution in [3.8, 4) is 0 Å². The lowest BCUT2D eigenvalue weighted by molar-refractivity contribution is -0.148. The van der Waals surface area contributed by atoms with Crippen LogP contribution in [-0.4, -0.2) is 76.6 Å². The lowest BCUT2D eigenvalue weighted by Crippen LogP contribution is -2.63. The minimum atomic E-state index is -0.989. The average molecular weight is 539 g/mol. The second-order valence-electron chi connectivity index (χ2n) is 10.6. The monoisotopic (exact) mass is 538 g/mol. The number of rotatable bonds is 8. The minimum Gasteiger partial charge on any atom is -0.444 e. The molecule has 1 aromatic rings. The zero-order valence-electron chi connectivity index (χ0n) is 22.4. The van der Waals surface area contributed by atoms with E-state index in [-0.39, 0.29) is 32.0 Å². The molecule has 0 aromatic heterocycles. The predicted molar refractivity (Wildman–Crippen MR) is 139 cm³/mol. The number of nitrogens with zero attached hydrogens (tertiary/aromatic N) is 2. The van der Waals surface area contributed by atoms with Crippen molar-refractivity contribution in [2.24, 2.45) is 11.8 Å². The van der Waals surface area contributed by atoms with E-state index in [0.717, 1.165) is 0 Å². The van der Waals surface area contributed by atoms with Gasteiger partial charge in [0, 0.05) is 24.7 Å². The van der Waals surface area contributed by atoms with Crippen LogP contribution >= 0.6 is 11.6 Å². The highest BCUT2D eigenvalue weighted by Crippen LogP contribution is 2.32. The van der Waals surface area contributed by atoms with E-state index < -0.39 is 47.3 Å². The van der Waals surface area contributed by atoms with Crippen LogP contribution in [0.15, 0.2) is 24.3 Å². The summed E-state index contributed by atoms with van der Waals surface area (Å²) in [6, 6.07) is 5.56. The van der Waals surface area contributed by atoms with Crippen molar-refractivity contribution < 1.29 is 29.1 Å². The molecule has 1 fully saturated rings. The maximum atomic E-state index is 14.1. The highest BCUT2D eigenvalue weighted by molar-refractivity contribution is 6.30. The summed E-state index contributed by atoms with van der Waals surface area (Å²) < 4.78 is 5.49. The fourth-order valence-electron chi connectivity index (χ4n) is 4.24. The Morgan fingerprint density at radius 2 is 1.76 bits per heavy atom. The van der Waals surface area contributed by atoms with Crippen LogP contribution in [-0.2, 0) is 19.1 Å². The molecule has 0 radical (unpaired) electrons. The van der Waals surface area contributed by atoms with Crippen molar-refractivity contribution in [1.82, 2.24) is 20.6 Å². The zero-order chi connectivity index (χ0) is 27.9. The Balaban J connectivity index is 2.45. The molecular formula is C26H39ClN4O6. The first-order chi connectivity index (χ1) is 17.3. The van der Waals surface area contributed by atoms with E-state index >= 15 is 0 Å². The first kappa shape index (κ1) is 30.4. The van der Waals surface area contributed by atoms with Crippen molar-refractivity contribution in [2.75, 3.05) is 26.2 Å². The standard InChI is InChI=1S/C26H39ClN4O6/c1-7-19(22(32)29-36)21(17-8-10-18(27)11-9-17)24(34)31-13-12-30(25(35)37-26(4,5)6)15-20(31)23(33)28-14-16(2)3/h8-11,16,19-21,36H,7,12-15H2,1-6H3,(H,28,33)(H,29,32)/t19-,20-,21+/m0/s1. The number of amides is 4. The topological polar surface area (TPSA) is 128 Å². The molecule has 1 saturated heterocycles. The third-order valence-corrected chi connectivity index (χ3v) is 6.34. The van der Waals surface area contributed by atoms with E-state index in [2.05, 4.69) is 5.32 Å². The predicted octanol–water partition coefficient (Wildman–Crippen LogP) is 3.18. The van der Waals surface area contributed by atoms with Crippen LogP contribution in [0.2, 0.25) is 5.02 Å². The zero-order valence-corrected chi connectivity index (χ0v) is 23.2. The molecule has 1 aliphatic heterocycles. The average Bonchev–Trinajstić information content (AvgIpc) is 2.84. The number of halogens is 1. The fourth-order valence-corrected chi connectivity index (χ4v) is 4.36. The van der Waals surface area contributed by atoms with E-state index in [4.69, 9.17) is 16.3 Å². The number of hydroxylamine groups is 1. The molecule has 4 amide bonds. The summed E-state index contributed by atoms with van der Waals surface area (Å²) in [6.45, 7) is 11.5. The summed E-state index contributed by atoms with van der Waals surface area (Å²) in [5.74, 6) is -3.26. The van der Waals surface area contributed by atoms with Gasteiger partial charge >= 0.3 is 6.09 Å². The van der Waals surface area contributed by atoms with Crippen LogP contribution in [0.3, 0.4) is 0 Å². The lowest BCUT2D eigenvalue weighted by atomic mass is 9.82. The first-order valence-electron chi connectivity index (χ1n) is 12.5. The number of piperazine rings is 1. The molecule has 1 heterocycles. The Labute approximate surface area is 223 Å². The van der Waals surface area contributed by atoms with Crippen molar-refractivity contribution in [2.45, 2.75) is 65.5 Å². The second kappa shape index (κ2) is 13.1. The molecule has 0 unspecified atom stereocenters. The van der Waals surface area contributed by atoms with Crippen LogP contribution in [0.25, 0.3) is 0 Å². The molecule has 37 heavy (non-hydrogen) atoms. The Kier molecular flexibility index (Phi) is 10.8. The van der Waals surface area contributed by atoms with Crippen molar-refractivity contribution in [1.29, 1.82) is 0 Å². The smallest absolute Gasteiger partial charge is 0.410 e. The maximum Gasteiger partial charge on any atom is 0.410 e. The van der Waals surface area contributed by atoms with Gasteiger partial charge < -0.3 is 19.9 Å². The molecule has 0 bridgehead atoms. The molecule has 2 rings (SSSR count). The highest BCUT2D eigenvalue weighted by Gasteiger charge is 2.43. The molecule has 10 nitrogen and oxygen atoms in total. The maximum absolute atomic E-state index is 14.1. The van der Waals surface area contributed by atoms with Crippen LogP contribution < -0.4 is 10.8 Å². The van der Waals surface area contributed by atoms with Crippen LogP contribution in [0.5, 0.6) is 0 Å². The van der Waals surface area contributed by atoms with Gasteiger partial charge in [0.25, 0.3) is 0 Å². The van der Waals surface area contributed by atoms with E-state index in [9.17, 15) is 24.4 Å². The summed E-state index contributed by atoms with van der Waals surface area (Å²) >= 11 is 6.05. The minimum absolute atomic E-state index is 0.0547. The molecule has 11 heteroatoms. The Morgan fingerprint density at radius 1 is 1.14 bits per heavy atom. The SMILES string of the molecule is CC[C@H](C(=O)NO)[C@H](C(=O)N1CCN(C(=O)OC(C)(C)C)C[C@H]1C(=O)NCC(C)C)c1ccc(Cl)cc1. The van der Waals surface area contributed by atoms with E-state index in [1.807, 2.05) is 13.8 Å². The molecule has 3 N–H and O–H groups in total. The highest BCUT2D eigenvalue weighted by atomic mass is 35.5. The van der Waals surface area contributed by atoms with Crippen LogP contribution in [0.4, 0.5) is 4.79 Å². The summed E-state index contributed by atoms with van der Waals surface area (Å²) in [5, 5.41) is 12.7. The molecular weight excluding hydrogens is 500 g/mol. The second-order valence-corrected chi connectivity index (χ2v) is 11.1. The van der Waals surface area contributed by atoms with Crippen LogP contribution in [0, 0.1) is 11.8 Å². The summed E-state index contributed by atoms with van der Waals surface area (Å²) in [4.78, 5) is 55.5. The Bertz CT molecular complexity index is 963. The van der Waals surface area contributed by atoms with Crippen molar-refractivity contribution in [3.05, 3.63) is 34.9 Å². The van der Waals surface area contributed by atoms with Gasteiger partial charge in [0.15, 0.2) is 0 Å². The van der Waals surface area contributed by atoms with Gasteiger partial charge in [0.1, 0.15) is 11.6 Å². The van der Waals surface area contributed by atoms with Crippen LogP contribution in [0.1, 0.15) is 59.4 Å². The van der Waals surface area contributed by atoms with E-state index in [1.54, 1.807) is 57.4 Å². The summed E-state index contributed by atoms with van der Waals surface area (Å²) in [6.07, 6.45) is -0.311. The van der Waals surface area contributed by atoms with Gasteiger partial charge in [-0.1, -0.05) is 44.5 Å². The lowest BCUT2D eigenvalue weighted by Gasteiger charge is -2.42. The summed E-state index contributed by atoms with van der Waals surface area (Å²) in [7, 11) is 0. The van der Waals surface area contributed by atoms with Gasteiger partial charge in [-0.2, -0.15) is 0 Å². The van der Waals surface area contributed by atoms with Gasteiger partial charge in [-0.05, 0) is 50.8 Å². The molecule has 0 spiro atoms. The van der Waals surface area contributed by atoms with Gasteiger partial charge in [0.2, 0.25) is 17.7 Å². The van der Waals surface area contributed by atoms with E-state index in [1.165, 1.54) is 9.80 Å². The largest absolute Gasteiger partial charge is 0.444 e. The van der Waals surface area contributed by atoms with E-state index in [0.29, 0.717) is 17.1 Å². The number of benzene rings is 1. The summed E-state index contributed by atoms with van der Waals surface area (Å²) in [5.41, 5.74) is 1.47. The number of carbonyl (C=O) groups excluding carboxylic acids is 4. The van der Waals surface area contributed by atoms with Gasteiger partial charge in [-0.15, -0.1) is 0 Å². The number of ether oxygens (including phenoxy) is 1. The number of carbonyl (C=O) groups is 4. The number of nitrogens with one attached hydrogen (secondary N) is 2. The fraction of sp³-hybridized carbons (Fsp3) is 0.615.